The van der Waals surface area contributed by atoms with Crippen molar-refractivity contribution in [2.45, 2.75) is 0 Å². The highest BCUT2D eigenvalue weighted by atomic mass is 79.9. The van der Waals surface area contributed by atoms with Gasteiger partial charge in [-0.1, -0.05) is 11.8 Å². The van der Waals surface area contributed by atoms with Gasteiger partial charge in [-0.2, -0.15) is 0 Å². The molecule has 0 atom stereocenters. The summed E-state index contributed by atoms with van der Waals surface area (Å²) < 4.78 is 0. The molecular weight excluding hydrogens is 262 g/mol. The molecule has 0 saturated carbocycles. The molecule has 5 heteroatoms. The fourth-order valence-corrected chi connectivity index (χ4v) is 0.876. The number of halogens is 1. The van der Waals surface area contributed by atoms with Crippen LogP contribution < -0.4 is 5.90 Å². The average Bonchev–Trinajstić information content (AvgIpc) is 2.19. The zero-order valence-corrected chi connectivity index (χ0v) is 9.48. The van der Waals surface area contributed by atoms with E-state index in [2.05, 4.69) is 16.7 Å². The molecule has 1 aromatic carbocycles. The molecule has 0 heterocycles. The van der Waals surface area contributed by atoms with E-state index < -0.39 is 5.97 Å². The summed E-state index contributed by atoms with van der Waals surface area (Å²) in [5.41, 5.74) is 0.970. The van der Waals surface area contributed by atoms with Gasteiger partial charge in [0.25, 0.3) is 0 Å². The van der Waals surface area contributed by atoms with E-state index >= 15 is 0 Å². The number of carboxylic acid groups (broad SMARTS) is 1. The third-order valence-electron chi connectivity index (χ3n) is 1.52. The van der Waals surface area contributed by atoms with E-state index in [0.29, 0.717) is 0 Å². The van der Waals surface area contributed by atoms with Crippen molar-refractivity contribution in [3.05, 3.63) is 35.4 Å². The Morgan fingerprint density at radius 3 is 2.47 bits per heavy atom. The number of hydrogen-bond donors (Lipinski definition) is 2. The number of carbonyl (C=O) groups is 1. The summed E-state index contributed by atoms with van der Waals surface area (Å²) in [7, 11) is 0. The van der Waals surface area contributed by atoms with Crippen molar-refractivity contribution in [3.63, 3.8) is 0 Å². The molecule has 0 bridgehead atoms. The molecule has 0 spiro atoms. The van der Waals surface area contributed by atoms with Crippen LogP contribution in [0.4, 0.5) is 0 Å². The van der Waals surface area contributed by atoms with Gasteiger partial charge in [0.05, 0.1) is 5.56 Å². The summed E-state index contributed by atoms with van der Waals surface area (Å²) >= 11 is 0. The maximum atomic E-state index is 10.5. The molecule has 15 heavy (non-hydrogen) atoms. The summed E-state index contributed by atoms with van der Waals surface area (Å²) in [6.45, 7) is 0.153. The van der Waals surface area contributed by atoms with Gasteiger partial charge in [0.1, 0.15) is 6.61 Å². The Morgan fingerprint density at radius 1 is 1.40 bits per heavy atom. The Morgan fingerprint density at radius 2 is 2.00 bits per heavy atom. The third-order valence-corrected chi connectivity index (χ3v) is 1.52. The smallest absolute Gasteiger partial charge is 0.335 e. The molecule has 1 aromatic rings. The maximum Gasteiger partial charge on any atom is 0.335 e. The lowest BCUT2D eigenvalue weighted by molar-refractivity contribution is 0.0697. The molecule has 0 radical (unpaired) electrons. The lowest BCUT2D eigenvalue weighted by atomic mass is 10.1. The molecule has 1 rings (SSSR count). The first-order chi connectivity index (χ1) is 6.74. The van der Waals surface area contributed by atoms with Crippen LogP contribution >= 0.6 is 17.0 Å². The lowest BCUT2D eigenvalue weighted by Crippen LogP contribution is -1.97. The predicted molar refractivity (Wildman–Crippen MR) is 60.7 cm³/mol. The number of rotatable bonds is 2. The second-order valence-electron chi connectivity index (χ2n) is 2.50. The quantitative estimate of drug-likeness (QED) is 0.627. The Balaban J connectivity index is 0.00000196. The number of carboxylic acids is 1. The zero-order chi connectivity index (χ0) is 10.4. The molecule has 0 aliphatic carbocycles. The minimum Gasteiger partial charge on any atom is -0.478 e. The van der Waals surface area contributed by atoms with Crippen LogP contribution in [0.15, 0.2) is 24.3 Å². The number of hydrogen-bond acceptors (Lipinski definition) is 3. The van der Waals surface area contributed by atoms with Crippen molar-refractivity contribution in [3.8, 4) is 11.8 Å². The van der Waals surface area contributed by atoms with E-state index in [0.717, 1.165) is 5.56 Å². The van der Waals surface area contributed by atoms with Crippen molar-refractivity contribution in [2.75, 3.05) is 6.61 Å². The molecule has 0 aromatic heterocycles. The molecule has 0 aliphatic rings. The molecule has 4 nitrogen and oxygen atoms in total. The summed E-state index contributed by atoms with van der Waals surface area (Å²) in [5, 5.41) is 8.62. The summed E-state index contributed by atoms with van der Waals surface area (Å²) in [4.78, 5) is 14.8. The molecule has 80 valence electrons. The van der Waals surface area contributed by atoms with Crippen molar-refractivity contribution >= 4 is 23.0 Å². The van der Waals surface area contributed by atoms with Crippen LogP contribution in [0.1, 0.15) is 15.9 Å². The standard InChI is InChI=1S/C10H9NO3.BrH/c11-14-7-1-2-8-3-5-9(6-4-8)10(12)13;/h3-6H,7,11H2,(H,12,13);1H. The molecular formula is C10H10BrNO3. The summed E-state index contributed by atoms with van der Waals surface area (Å²) in [6, 6.07) is 6.26. The maximum absolute atomic E-state index is 10.5. The molecule has 0 saturated heterocycles. The molecule has 3 N–H and O–H groups in total. The van der Waals surface area contributed by atoms with Crippen molar-refractivity contribution in [2.24, 2.45) is 5.90 Å². The number of nitrogens with two attached hydrogens (primary N) is 1. The van der Waals surface area contributed by atoms with Crippen LogP contribution in [-0.4, -0.2) is 17.7 Å². The molecule has 0 unspecified atom stereocenters. The van der Waals surface area contributed by atoms with Gasteiger partial charge in [-0.05, 0) is 24.3 Å². The Bertz CT molecular complexity index is 378. The van der Waals surface area contributed by atoms with Crippen LogP contribution in [-0.2, 0) is 4.84 Å². The first kappa shape index (κ1) is 13.7. The number of benzene rings is 1. The first-order valence-corrected chi connectivity index (χ1v) is 3.88. The molecule has 0 fully saturated rings. The molecule has 0 amide bonds. The largest absolute Gasteiger partial charge is 0.478 e. The Hall–Kier alpha value is -1.35. The average molecular weight is 272 g/mol. The normalized spacial score (nSPS) is 8.33. The SMILES string of the molecule is Br.NOCC#Cc1ccc(C(=O)O)cc1. The first-order valence-electron chi connectivity index (χ1n) is 3.88. The van der Waals surface area contributed by atoms with Crippen LogP contribution in [0.25, 0.3) is 0 Å². The minimum absolute atomic E-state index is 0. The molecule has 0 aliphatic heterocycles. The van der Waals surface area contributed by atoms with E-state index in [1.54, 1.807) is 12.1 Å². The van der Waals surface area contributed by atoms with E-state index in [-0.39, 0.29) is 29.2 Å². The van der Waals surface area contributed by atoms with Gasteiger partial charge < -0.3 is 5.11 Å². The zero-order valence-electron chi connectivity index (χ0n) is 7.77. The van der Waals surface area contributed by atoms with Crippen LogP contribution in [0, 0.1) is 11.8 Å². The second kappa shape index (κ2) is 7.01. The fraction of sp³-hybridized carbons (Fsp3) is 0.100. The van der Waals surface area contributed by atoms with E-state index in [1.165, 1.54) is 12.1 Å². The van der Waals surface area contributed by atoms with Gasteiger partial charge in [0, 0.05) is 5.56 Å². The Kier molecular flexibility index (Phi) is 6.38. The van der Waals surface area contributed by atoms with Gasteiger partial charge in [-0.3, -0.25) is 4.84 Å². The van der Waals surface area contributed by atoms with Gasteiger partial charge >= 0.3 is 5.97 Å². The van der Waals surface area contributed by atoms with E-state index in [4.69, 9.17) is 11.0 Å². The van der Waals surface area contributed by atoms with E-state index in [1.807, 2.05) is 0 Å². The van der Waals surface area contributed by atoms with Crippen LogP contribution in [0.2, 0.25) is 0 Å². The van der Waals surface area contributed by atoms with Gasteiger partial charge in [0.15, 0.2) is 0 Å². The summed E-state index contributed by atoms with van der Waals surface area (Å²) in [6.07, 6.45) is 0. The lowest BCUT2D eigenvalue weighted by Gasteiger charge is -1.93. The van der Waals surface area contributed by atoms with Gasteiger partial charge in [0.2, 0.25) is 0 Å². The van der Waals surface area contributed by atoms with Gasteiger partial charge in [-0.25, -0.2) is 10.7 Å². The van der Waals surface area contributed by atoms with Crippen LogP contribution in [0.3, 0.4) is 0 Å². The topological polar surface area (TPSA) is 72.5 Å². The fourth-order valence-electron chi connectivity index (χ4n) is 0.876. The predicted octanol–water partition coefficient (Wildman–Crippen LogP) is 1.20. The Labute approximate surface area is 97.8 Å². The minimum atomic E-state index is -0.949. The highest BCUT2D eigenvalue weighted by Crippen LogP contribution is 2.02. The van der Waals surface area contributed by atoms with Crippen LogP contribution in [0.5, 0.6) is 0 Å². The third kappa shape index (κ3) is 4.61. The monoisotopic (exact) mass is 271 g/mol. The number of aromatic carboxylic acids is 1. The van der Waals surface area contributed by atoms with Gasteiger partial charge in [-0.15, -0.1) is 17.0 Å². The summed E-state index contributed by atoms with van der Waals surface area (Å²) in [5.74, 6) is 9.25. The van der Waals surface area contributed by atoms with Crippen molar-refractivity contribution in [1.82, 2.24) is 0 Å². The van der Waals surface area contributed by atoms with Crippen molar-refractivity contribution in [1.29, 1.82) is 0 Å². The highest BCUT2D eigenvalue weighted by molar-refractivity contribution is 8.93. The van der Waals surface area contributed by atoms with E-state index in [9.17, 15) is 4.79 Å². The highest BCUT2D eigenvalue weighted by Gasteiger charge is 1.99. The second-order valence-corrected chi connectivity index (χ2v) is 2.50. The van der Waals surface area contributed by atoms with Crippen molar-refractivity contribution < 1.29 is 14.7 Å².